The maximum Gasteiger partial charge on any atom is 0.132 e. The van der Waals surface area contributed by atoms with Crippen molar-refractivity contribution in [3.63, 3.8) is 0 Å². The fraction of sp³-hybridized carbons (Fsp3) is 0.769. The van der Waals surface area contributed by atoms with Gasteiger partial charge in [0, 0.05) is 31.7 Å². The molecule has 1 aliphatic rings. The van der Waals surface area contributed by atoms with Crippen LogP contribution in [-0.4, -0.2) is 64.2 Å². The highest BCUT2D eigenvalue weighted by Gasteiger charge is 2.34. The smallest absolute Gasteiger partial charge is 0.132 e. The van der Waals surface area contributed by atoms with E-state index in [4.69, 9.17) is 0 Å². The number of aromatic nitrogens is 2. The molecule has 0 saturated carbocycles. The highest BCUT2D eigenvalue weighted by Crippen LogP contribution is 2.30. The van der Waals surface area contributed by atoms with Crippen molar-refractivity contribution in [2.45, 2.75) is 32.1 Å². The van der Waals surface area contributed by atoms with Crippen LogP contribution >= 0.6 is 0 Å². The summed E-state index contributed by atoms with van der Waals surface area (Å²) in [6, 6.07) is 0.255. The summed E-state index contributed by atoms with van der Waals surface area (Å²) >= 11 is 0. The van der Waals surface area contributed by atoms with E-state index in [-0.39, 0.29) is 18.8 Å². The van der Waals surface area contributed by atoms with Gasteiger partial charge >= 0.3 is 0 Å². The monoisotopic (exact) mass is 268 g/mol. The molecule has 2 atom stereocenters. The number of β-amino-alcohol motifs (C(OH)–C–C–N with tert-alkyl or cyclic N) is 1. The third-order valence-corrected chi connectivity index (χ3v) is 3.71. The van der Waals surface area contributed by atoms with Crippen LogP contribution in [0.3, 0.4) is 0 Å². The molecule has 6 heteroatoms. The van der Waals surface area contributed by atoms with Gasteiger partial charge in [0.1, 0.15) is 5.82 Å². The highest BCUT2D eigenvalue weighted by atomic mass is 16.3. The van der Waals surface area contributed by atoms with Gasteiger partial charge in [0.2, 0.25) is 0 Å². The zero-order valence-electron chi connectivity index (χ0n) is 12.2. The summed E-state index contributed by atoms with van der Waals surface area (Å²) in [5.74, 6) is 0.934. The van der Waals surface area contributed by atoms with Crippen LogP contribution in [-0.2, 0) is 13.7 Å². The first kappa shape index (κ1) is 14.3. The Labute approximate surface area is 114 Å². The van der Waals surface area contributed by atoms with E-state index in [2.05, 4.69) is 14.9 Å². The third kappa shape index (κ3) is 2.75. The lowest BCUT2D eigenvalue weighted by molar-refractivity contribution is 0.191. The summed E-state index contributed by atoms with van der Waals surface area (Å²) in [6.45, 7) is 3.37. The van der Waals surface area contributed by atoms with Gasteiger partial charge in [-0.1, -0.05) is 0 Å². The molecular weight excluding hydrogens is 244 g/mol. The molecule has 0 radical (unpaired) electrons. The first-order valence-electron chi connectivity index (χ1n) is 6.66. The summed E-state index contributed by atoms with van der Waals surface area (Å²) < 4.78 is 1.81. The fourth-order valence-electron chi connectivity index (χ4n) is 2.98. The van der Waals surface area contributed by atoms with E-state index >= 15 is 0 Å². The Kier molecular flexibility index (Phi) is 4.13. The number of aliphatic hydroxyl groups is 2. The maximum atomic E-state index is 9.95. The van der Waals surface area contributed by atoms with E-state index in [0.29, 0.717) is 6.54 Å². The number of likely N-dealkylation sites (N-methyl/N-ethyl adjacent to an activating group) is 1. The second-order valence-electron chi connectivity index (χ2n) is 5.63. The minimum atomic E-state index is -0.313. The van der Waals surface area contributed by atoms with Crippen LogP contribution in [0.25, 0.3) is 0 Å². The van der Waals surface area contributed by atoms with Crippen molar-refractivity contribution >= 4 is 5.82 Å². The minimum Gasteiger partial charge on any atom is -0.391 e. The summed E-state index contributed by atoms with van der Waals surface area (Å²) in [5.41, 5.74) is 1.71. The molecule has 2 rings (SSSR count). The Morgan fingerprint density at radius 3 is 2.68 bits per heavy atom. The Balaban J connectivity index is 2.33. The van der Waals surface area contributed by atoms with E-state index in [0.717, 1.165) is 30.0 Å². The lowest BCUT2D eigenvalue weighted by Gasteiger charge is -2.29. The van der Waals surface area contributed by atoms with Gasteiger partial charge in [-0.25, -0.2) is 0 Å². The molecule has 2 N–H and O–H groups in total. The van der Waals surface area contributed by atoms with Crippen molar-refractivity contribution in [2.75, 3.05) is 32.1 Å². The summed E-state index contributed by atoms with van der Waals surface area (Å²) in [4.78, 5) is 4.30. The molecule has 2 heterocycles. The number of rotatable bonds is 4. The first-order valence-corrected chi connectivity index (χ1v) is 6.66. The predicted octanol–water partition coefficient (Wildman–Crippen LogP) is -0.278. The number of anilines is 1. The largest absolute Gasteiger partial charge is 0.391 e. The number of nitrogens with zero attached hydrogens (tertiary/aromatic N) is 4. The fourth-order valence-corrected chi connectivity index (χ4v) is 2.98. The van der Waals surface area contributed by atoms with Crippen LogP contribution in [0.15, 0.2) is 0 Å². The Bertz CT molecular complexity index is 444. The summed E-state index contributed by atoms with van der Waals surface area (Å²) in [5, 5.41) is 23.9. The molecule has 1 aromatic rings. The Hall–Kier alpha value is -1.11. The van der Waals surface area contributed by atoms with Gasteiger partial charge < -0.3 is 20.0 Å². The van der Waals surface area contributed by atoms with E-state index in [9.17, 15) is 10.2 Å². The van der Waals surface area contributed by atoms with Crippen LogP contribution in [0.5, 0.6) is 0 Å². The van der Waals surface area contributed by atoms with Crippen molar-refractivity contribution in [3.05, 3.63) is 11.3 Å². The molecule has 0 aromatic carbocycles. The van der Waals surface area contributed by atoms with Crippen molar-refractivity contribution < 1.29 is 10.2 Å². The molecule has 1 fully saturated rings. The SMILES string of the molecule is Cc1nn(C)c(N2CC(O)CC2CN(C)C)c1CO. The molecule has 108 valence electrons. The summed E-state index contributed by atoms with van der Waals surface area (Å²) in [6.07, 6.45) is 0.444. The van der Waals surface area contributed by atoms with Gasteiger partial charge in [-0.05, 0) is 27.4 Å². The molecule has 19 heavy (non-hydrogen) atoms. The van der Waals surface area contributed by atoms with E-state index in [1.165, 1.54) is 0 Å². The standard InChI is InChI=1S/C13H24N4O2/c1-9-12(8-18)13(16(4)14-9)17-7-11(19)5-10(17)6-15(2)3/h10-11,18-19H,5-8H2,1-4H3. The lowest BCUT2D eigenvalue weighted by Crippen LogP contribution is -2.39. The average molecular weight is 268 g/mol. The maximum absolute atomic E-state index is 9.95. The normalized spacial score (nSPS) is 23.6. The van der Waals surface area contributed by atoms with Crippen molar-refractivity contribution in [2.24, 2.45) is 7.05 Å². The van der Waals surface area contributed by atoms with E-state index < -0.39 is 0 Å². The van der Waals surface area contributed by atoms with Crippen molar-refractivity contribution in [1.29, 1.82) is 0 Å². The topological polar surface area (TPSA) is 64.8 Å². The number of aliphatic hydroxyl groups excluding tert-OH is 2. The number of aryl methyl sites for hydroxylation is 2. The molecule has 1 aromatic heterocycles. The Morgan fingerprint density at radius 2 is 2.11 bits per heavy atom. The molecule has 2 unspecified atom stereocenters. The van der Waals surface area contributed by atoms with Crippen LogP contribution in [0.1, 0.15) is 17.7 Å². The number of hydrogen-bond acceptors (Lipinski definition) is 5. The molecular formula is C13H24N4O2. The molecule has 1 saturated heterocycles. The second-order valence-corrected chi connectivity index (χ2v) is 5.63. The third-order valence-electron chi connectivity index (χ3n) is 3.71. The van der Waals surface area contributed by atoms with E-state index in [1.807, 2.05) is 32.7 Å². The highest BCUT2D eigenvalue weighted by molar-refractivity contribution is 5.52. The first-order chi connectivity index (χ1) is 8.93. The molecule has 6 nitrogen and oxygen atoms in total. The molecule has 0 aliphatic carbocycles. The lowest BCUT2D eigenvalue weighted by atomic mass is 10.2. The quantitative estimate of drug-likeness (QED) is 0.786. The molecule has 0 spiro atoms. The van der Waals surface area contributed by atoms with Crippen molar-refractivity contribution in [1.82, 2.24) is 14.7 Å². The summed E-state index contributed by atoms with van der Waals surface area (Å²) in [7, 11) is 5.95. The van der Waals surface area contributed by atoms with Gasteiger partial charge in [-0.2, -0.15) is 5.10 Å². The van der Waals surface area contributed by atoms with Gasteiger partial charge in [-0.15, -0.1) is 0 Å². The van der Waals surface area contributed by atoms with Crippen LogP contribution in [0.2, 0.25) is 0 Å². The van der Waals surface area contributed by atoms with Gasteiger partial charge in [0.25, 0.3) is 0 Å². The van der Waals surface area contributed by atoms with Crippen LogP contribution in [0, 0.1) is 6.92 Å². The second kappa shape index (κ2) is 5.48. The zero-order chi connectivity index (χ0) is 14.2. The average Bonchev–Trinajstić information content (AvgIpc) is 2.77. The number of hydrogen-bond donors (Lipinski definition) is 2. The zero-order valence-corrected chi connectivity index (χ0v) is 12.2. The van der Waals surface area contributed by atoms with E-state index in [1.54, 1.807) is 0 Å². The van der Waals surface area contributed by atoms with Gasteiger partial charge in [-0.3, -0.25) is 4.68 Å². The predicted molar refractivity (Wildman–Crippen MR) is 74.2 cm³/mol. The Morgan fingerprint density at radius 1 is 1.42 bits per heavy atom. The van der Waals surface area contributed by atoms with Crippen molar-refractivity contribution in [3.8, 4) is 0 Å². The molecule has 1 aliphatic heterocycles. The molecule has 0 bridgehead atoms. The van der Waals surface area contributed by atoms with Crippen LogP contribution in [0.4, 0.5) is 5.82 Å². The van der Waals surface area contributed by atoms with Gasteiger partial charge in [0.05, 0.1) is 18.4 Å². The molecule has 0 amide bonds. The van der Waals surface area contributed by atoms with Gasteiger partial charge in [0.15, 0.2) is 0 Å². The minimum absolute atomic E-state index is 0.0176. The van der Waals surface area contributed by atoms with Crippen LogP contribution < -0.4 is 4.90 Å².